The predicted molar refractivity (Wildman–Crippen MR) is 62.9 cm³/mol. The van der Waals surface area contributed by atoms with Gasteiger partial charge in [-0.25, -0.2) is 9.78 Å². The fourth-order valence-corrected chi connectivity index (χ4v) is 1.63. The molecular weight excluding hydrogens is 236 g/mol. The second kappa shape index (κ2) is 4.99. The van der Waals surface area contributed by atoms with Gasteiger partial charge in [0.15, 0.2) is 5.69 Å². The third-order valence-electron chi connectivity index (χ3n) is 2.34. The van der Waals surface area contributed by atoms with E-state index in [1.807, 2.05) is 6.92 Å². The van der Waals surface area contributed by atoms with Gasteiger partial charge in [-0.15, -0.1) is 5.10 Å². The lowest BCUT2D eigenvalue weighted by Crippen LogP contribution is -2.09. The van der Waals surface area contributed by atoms with Crippen molar-refractivity contribution in [3.8, 4) is 6.01 Å². The molecule has 0 aliphatic heterocycles. The van der Waals surface area contributed by atoms with Crippen LogP contribution < -0.4 is 4.74 Å². The van der Waals surface area contributed by atoms with Gasteiger partial charge in [0.1, 0.15) is 0 Å². The second-order valence-electron chi connectivity index (χ2n) is 3.73. The molecule has 0 atom stereocenters. The Labute approximate surface area is 103 Å². The van der Waals surface area contributed by atoms with Gasteiger partial charge in [-0.1, -0.05) is 13.3 Å². The number of nitrogens with zero attached hydrogens (tertiary/aromatic N) is 4. The topological polar surface area (TPSA) is 89.6 Å². The lowest BCUT2D eigenvalue weighted by Gasteiger charge is -2.01. The molecule has 0 fully saturated rings. The highest BCUT2D eigenvalue weighted by Crippen LogP contribution is 2.12. The number of hydrogen-bond donors (Lipinski definition) is 1. The van der Waals surface area contributed by atoms with Crippen molar-refractivity contribution in [1.82, 2.24) is 19.6 Å². The molecule has 2 rings (SSSR count). The van der Waals surface area contributed by atoms with Gasteiger partial charge in [0, 0.05) is 5.69 Å². The van der Waals surface area contributed by atoms with Gasteiger partial charge in [-0.3, -0.25) is 0 Å². The van der Waals surface area contributed by atoms with E-state index in [1.54, 1.807) is 6.92 Å². The molecule has 0 bridgehead atoms. The lowest BCUT2D eigenvalue weighted by molar-refractivity contribution is 0.0687. The molecule has 96 valence electrons. The van der Waals surface area contributed by atoms with Gasteiger partial charge in [0.05, 0.1) is 6.61 Å². The highest BCUT2D eigenvalue weighted by atomic mass is 16.5. The van der Waals surface area contributed by atoms with Crippen molar-refractivity contribution in [2.24, 2.45) is 0 Å². The Morgan fingerprint density at radius 3 is 2.83 bits per heavy atom. The van der Waals surface area contributed by atoms with Crippen molar-refractivity contribution in [3.63, 3.8) is 0 Å². The summed E-state index contributed by atoms with van der Waals surface area (Å²) in [4.78, 5) is 19.5. The largest absolute Gasteiger partial charge is 0.477 e. The summed E-state index contributed by atoms with van der Waals surface area (Å²) < 4.78 is 6.34. The number of aromatic nitrogens is 4. The van der Waals surface area contributed by atoms with E-state index in [0.29, 0.717) is 18.7 Å². The molecule has 0 radical (unpaired) electrons. The number of rotatable bonds is 5. The molecule has 1 N–H and O–H groups in total. The number of carbonyl (C=O) groups is 1. The first-order valence-electron chi connectivity index (χ1n) is 5.78. The van der Waals surface area contributed by atoms with Crippen molar-refractivity contribution in [3.05, 3.63) is 17.5 Å². The van der Waals surface area contributed by atoms with Crippen LogP contribution in [-0.4, -0.2) is 37.3 Å². The van der Waals surface area contributed by atoms with E-state index in [-0.39, 0.29) is 17.5 Å². The molecule has 7 nitrogen and oxygen atoms in total. The minimum absolute atomic E-state index is 0.0434. The second-order valence-corrected chi connectivity index (χ2v) is 3.73. The Kier molecular flexibility index (Phi) is 3.40. The smallest absolute Gasteiger partial charge is 0.354 e. The average molecular weight is 250 g/mol. The van der Waals surface area contributed by atoms with Crippen LogP contribution in [0.2, 0.25) is 0 Å². The summed E-state index contributed by atoms with van der Waals surface area (Å²) in [5, 5.41) is 13.1. The number of carboxylic acids is 1. The molecule has 0 aliphatic rings. The van der Waals surface area contributed by atoms with E-state index < -0.39 is 5.97 Å². The first-order chi connectivity index (χ1) is 8.65. The fraction of sp³-hybridized carbons (Fsp3) is 0.455. The molecule has 2 aromatic rings. The number of carboxylic acid groups (broad SMARTS) is 1. The van der Waals surface area contributed by atoms with Crippen molar-refractivity contribution >= 4 is 11.7 Å². The van der Waals surface area contributed by atoms with Gasteiger partial charge < -0.3 is 9.84 Å². The maximum atomic E-state index is 11.2. The van der Waals surface area contributed by atoms with E-state index in [9.17, 15) is 4.79 Å². The first-order valence-corrected chi connectivity index (χ1v) is 5.78. The minimum Gasteiger partial charge on any atom is -0.477 e. The van der Waals surface area contributed by atoms with Gasteiger partial charge in [0.2, 0.25) is 0 Å². The van der Waals surface area contributed by atoms with E-state index in [4.69, 9.17) is 9.84 Å². The van der Waals surface area contributed by atoms with E-state index in [2.05, 4.69) is 15.1 Å². The monoisotopic (exact) mass is 250 g/mol. The number of aryl methyl sites for hydroxylation is 1. The summed E-state index contributed by atoms with van der Waals surface area (Å²) in [6.45, 7) is 4.22. The van der Waals surface area contributed by atoms with Gasteiger partial charge in [-0.05, 0) is 19.4 Å². The van der Waals surface area contributed by atoms with Crippen LogP contribution in [0.4, 0.5) is 0 Å². The van der Waals surface area contributed by atoms with Crippen LogP contribution in [0, 0.1) is 0 Å². The number of fused-ring (bicyclic) bond motifs is 1. The van der Waals surface area contributed by atoms with Crippen LogP contribution >= 0.6 is 0 Å². The molecule has 0 aliphatic carbocycles. The van der Waals surface area contributed by atoms with E-state index in [0.717, 1.165) is 6.42 Å². The highest BCUT2D eigenvalue weighted by molar-refractivity contribution is 5.86. The quantitative estimate of drug-likeness (QED) is 0.856. The van der Waals surface area contributed by atoms with Crippen LogP contribution in [-0.2, 0) is 6.42 Å². The Hall–Kier alpha value is -2.18. The number of aromatic carboxylic acids is 1. The summed E-state index contributed by atoms with van der Waals surface area (Å²) in [6.07, 6.45) is 1.59. The molecule has 2 aromatic heterocycles. The van der Waals surface area contributed by atoms with Crippen molar-refractivity contribution in [1.29, 1.82) is 0 Å². The summed E-state index contributed by atoms with van der Waals surface area (Å²) in [7, 11) is 0. The normalized spacial score (nSPS) is 10.8. The molecule has 0 amide bonds. The maximum Gasteiger partial charge on any atom is 0.354 e. The van der Waals surface area contributed by atoms with Crippen molar-refractivity contribution in [2.45, 2.75) is 26.7 Å². The highest BCUT2D eigenvalue weighted by Gasteiger charge is 2.15. The zero-order valence-electron chi connectivity index (χ0n) is 10.3. The zero-order chi connectivity index (χ0) is 13.1. The van der Waals surface area contributed by atoms with Gasteiger partial charge in [0.25, 0.3) is 5.78 Å². The zero-order valence-corrected chi connectivity index (χ0v) is 10.3. The predicted octanol–water partition coefficient (Wildman–Crippen LogP) is 1.17. The van der Waals surface area contributed by atoms with Crippen LogP contribution in [0.1, 0.15) is 36.5 Å². The third-order valence-corrected chi connectivity index (χ3v) is 2.34. The fourth-order valence-electron chi connectivity index (χ4n) is 1.63. The molecule has 7 heteroatoms. The molecule has 0 spiro atoms. The third kappa shape index (κ3) is 2.24. The first kappa shape index (κ1) is 12.3. The molecule has 0 aromatic carbocycles. The molecule has 0 unspecified atom stereocenters. The van der Waals surface area contributed by atoms with Crippen LogP contribution in [0.3, 0.4) is 0 Å². The summed E-state index contributed by atoms with van der Waals surface area (Å²) in [5.41, 5.74) is 0.736. The summed E-state index contributed by atoms with van der Waals surface area (Å²) in [6, 6.07) is 1.66. The number of ether oxygens (including phenoxy) is 1. The Bertz CT molecular complexity index is 579. The average Bonchev–Trinajstić information content (AvgIpc) is 2.71. The standard InChI is InChI=1S/C11H14N4O3/c1-3-5-7-6-8(9(16)17)15-10(12-7)13-11(14-15)18-4-2/h6H,3-5H2,1-2H3,(H,16,17). The molecule has 18 heavy (non-hydrogen) atoms. The van der Waals surface area contributed by atoms with Crippen LogP contribution in [0.15, 0.2) is 6.07 Å². The number of hydrogen-bond acceptors (Lipinski definition) is 5. The molecule has 0 saturated heterocycles. The van der Waals surface area contributed by atoms with Crippen molar-refractivity contribution in [2.75, 3.05) is 6.61 Å². The van der Waals surface area contributed by atoms with Crippen LogP contribution in [0.25, 0.3) is 5.78 Å². The Morgan fingerprint density at radius 1 is 1.44 bits per heavy atom. The molecule has 0 saturated carbocycles. The van der Waals surface area contributed by atoms with Crippen LogP contribution in [0.5, 0.6) is 6.01 Å². The Morgan fingerprint density at radius 2 is 2.22 bits per heavy atom. The van der Waals surface area contributed by atoms with Gasteiger partial charge in [-0.2, -0.15) is 9.50 Å². The minimum atomic E-state index is -1.06. The maximum absolute atomic E-state index is 11.2. The summed E-state index contributed by atoms with van der Waals surface area (Å²) in [5.74, 6) is -0.811. The molecular formula is C11H14N4O3. The van der Waals surface area contributed by atoms with E-state index in [1.165, 1.54) is 10.6 Å². The SMILES string of the molecule is CCCc1cc(C(=O)O)n2nc(OCC)nc2n1. The Balaban J connectivity index is 2.57. The lowest BCUT2D eigenvalue weighted by atomic mass is 10.2. The molecule has 2 heterocycles. The van der Waals surface area contributed by atoms with E-state index >= 15 is 0 Å². The van der Waals surface area contributed by atoms with Crippen molar-refractivity contribution < 1.29 is 14.6 Å². The van der Waals surface area contributed by atoms with Gasteiger partial charge >= 0.3 is 12.0 Å². The summed E-state index contributed by atoms with van der Waals surface area (Å²) >= 11 is 0.